The van der Waals surface area contributed by atoms with E-state index in [1.165, 1.54) is 0 Å². The van der Waals surface area contributed by atoms with Gasteiger partial charge in [0.2, 0.25) is 5.91 Å². The molecule has 1 amide bonds. The van der Waals surface area contributed by atoms with Gasteiger partial charge in [-0.2, -0.15) is 0 Å². The van der Waals surface area contributed by atoms with Crippen molar-refractivity contribution >= 4 is 5.91 Å². The maximum absolute atomic E-state index is 11.3. The van der Waals surface area contributed by atoms with Crippen molar-refractivity contribution in [2.24, 2.45) is 0 Å². The summed E-state index contributed by atoms with van der Waals surface area (Å²) in [4.78, 5) is 11.3. The van der Waals surface area contributed by atoms with Crippen LogP contribution in [0, 0.1) is 0 Å². The lowest BCUT2D eigenvalue weighted by Crippen LogP contribution is -2.46. The molecule has 4 heteroatoms. The molecule has 0 bridgehead atoms. The third-order valence-electron chi connectivity index (χ3n) is 1.86. The molecule has 0 aromatic carbocycles. The molecule has 0 saturated heterocycles. The molecule has 0 aliphatic carbocycles. The lowest BCUT2D eigenvalue weighted by molar-refractivity contribution is -0.121. The first-order chi connectivity index (χ1) is 6.39. The van der Waals surface area contributed by atoms with Gasteiger partial charge in [-0.1, -0.05) is 6.92 Å². The molecule has 0 aromatic heterocycles. The fourth-order valence-corrected chi connectivity index (χ4v) is 0.901. The van der Waals surface area contributed by atoms with Crippen molar-refractivity contribution in [2.45, 2.75) is 45.7 Å². The molecule has 0 fully saturated rings. The van der Waals surface area contributed by atoms with Crippen LogP contribution in [0.1, 0.15) is 34.1 Å². The zero-order valence-electron chi connectivity index (χ0n) is 9.55. The van der Waals surface area contributed by atoms with Crippen molar-refractivity contribution in [3.05, 3.63) is 0 Å². The molecule has 0 aromatic rings. The van der Waals surface area contributed by atoms with Crippen molar-refractivity contribution in [1.82, 2.24) is 10.6 Å². The van der Waals surface area contributed by atoms with E-state index >= 15 is 0 Å². The van der Waals surface area contributed by atoms with Gasteiger partial charge in [-0.3, -0.25) is 4.79 Å². The van der Waals surface area contributed by atoms with E-state index in [0.29, 0.717) is 6.54 Å². The Hall–Kier alpha value is -0.610. The third-order valence-corrected chi connectivity index (χ3v) is 1.86. The van der Waals surface area contributed by atoms with Gasteiger partial charge in [-0.05, 0) is 27.2 Å². The largest absolute Gasteiger partial charge is 0.394 e. The Labute approximate surface area is 86.1 Å². The van der Waals surface area contributed by atoms with E-state index in [0.717, 1.165) is 6.42 Å². The average Bonchev–Trinajstić information content (AvgIpc) is 2.09. The van der Waals surface area contributed by atoms with Crippen molar-refractivity contribution < 1.29 is 9.90 Å². The van der Waals surface area contributed by atoms with Gasteiger partial charge >= 0.3 is 0 Å². The summed E-state index contributed by atoms with van der Waals surface area (Å²) in [5, 5.41) is 14.7. The van der Waals surface area contributed by atoms with Gasteiger partial charge in [-0.15, -0.1) is 0 Å². The van der Waals surface area contributed by atoms with Crippen molar-refractivity contribution in [2.75, 3.05) is 13.2 Å². The van der Waals surface area contributed by atoms with Crippen molar-refractivity contribution in [1.29, 1.82) is 0 Å². The summed E-state index contributed by atoms with van der Waals surface area (Å²) >= 11 is 0. The van der Waals surface area contributed by atoms with Crippen LogP contribution in [0.2, 0.25) is 0 Å². The molecule has 0 heterocycles. The monoisotopic (exact) mass is 202 g/mol. The second-order valence-corrected chi connectivity index (χ2v) is 4.46. The van der Waals surface area contributed by atoms with Crippen LogP contribution in [0.25, 0.3) is 0 Å². The van der Waals surface area contributed by atoms with E-state index in [2.05, 4.69) is 10.6 Å². The summed E-state index contributed by atoms with van der Waals surface area (Å²) in [6.07, 6.45) is 0.748. The SMILES string of the molecule is CCC(CO)NC(=O)CNC(C)(C)C. The maximum Gasteiger partial charge on any atom is 0.234 e. The number of carbonyl (C=O) groups excluding carboxylic acids is 1. The highest BCUT2D eigenvalue weighted by molar-refractivity contribution is 5.78. The Kier molecular flexibility index (Phi) is 5.72. The minimum Gasteiger partial charge on any atom is -0.394 e. The number of amides is 1. The molecule has 14 heavy (non-hydrogen) atoms. The zero-order valence-corrected chi connectivity index (χ0v) is 9.55. The van der Waals surface area contributed by atoms with E-state index in [1.54, 1.807) is 0 Å². The second kappa shape index (κ2) is 5.98. The number of aliphatic hydroxyl groups is 1. The Morgan fingerprint density at radius 3 is 2.36 bits per heavy atom. The smallest absolute Gasteiger partial charge is 0.234 e. The molecule has 0 spiro atoms. The number of rotatable bonds is 5. The first-order valence-electron chi connectivity index (χ1n) is 5.04. The first-order valence-corrected chi connectivity index (χ1v) is 5.04. The van der Waals surface area contributed by atoms with E-state index in [-0.39, 0.29) is 24.1 Å². The lowest BCUT2D eigenvalue weighted by atomic mass is 10.1. The highest BCUT2D eigenvalue weighted by Gasteiger charge is 2.13. The van der Waals surface area contributed by atoms with Crippen LogP contribution in [0.4, 0.5) is 0 Å². The summed E-state index contributed by atoms with van der Waals surface area (Å²) in [5.74, 6) is -0.0687. The molecule has 0 saturated carbocycles. The van der Waals surface area contributed by atoms with Crippen LogP contribution in [-0.4, -0.2) is 35.7 Å². The van der Waals surface area contributed by atoms with Crippen LogP contribution in [0.15, 0.2) is 0 Å². The third kappa shape index (κ3) is 6.86. The molecule has 1 unspecified atom stereocenters. The Balaban J connectivity index is 3.75. The number of hydrogen-bond acceptors (Lipinski definition) is 3. The predicted octanol–water partition coefficient (Wildman–Crippen LogP) is 0.262. The van der Waals surface area contributed by atoms with Gasteiger partial charge in [0.05, 0.1) is 19.2 Å². The summed E-state index contributed by atoms with van der Waals surface area (Å²) in [6, 6.07) is -0.121. The van der Waals surface area contributed by atoms with E-state index in [9.17, 15) is 4.79 Å². The molecule has 1 atom stereocenters. The van der Waals surface area contributed by atoms with Crippen LogP contribution < -0.4 is 10.6 Å². The maximum atomic E-state index is 11.3. The summed E-state index contributed by atoms with van der Waals surface area (Å²) in [7, 11) is 0. The second-order valence-electron chi connectivity index (χ2n) is 4.46. The molecule has 84 valence electrons. The normalized spacial score (nSPS) is 13.8. The van der Waals surface area contributed by atoms with Gasteiger partial charge in [0.1, 0.15) is 0 Å². The van der Waals surface area contributed by atoms with E-state index in [1.807, 2.05) is 27.7 Å². The summed E-state index contributed by atoms with van der Waals surface area (Å²) < 4.78 is 0. The van der Waals surface area contributed by atoms with Crippen LogP contribution in [0.3, 0.4) is 0 Å². The van der Waals surface area contributed by atoms with Gasteiger partial charge in [0, 0.05) is 5.54 Å². The molecule has 0 aliphatic rings. The molecule has 0 rings (SSSR count). The Bertz CT molecular complexity index is 171. The highest BCUT2D eigenvalue weighted by Crippen LogP contribution is 1.97. The highest BCUT2D eigenvalue weighted by atomic mass is 16.3. The molecule has 0 radical (unpaired) electrons. The fourth-order valence-electron chi connectivity index (χ4n) is 0.901. The van der Waals surface area contributed by atoms with Crippen molar-refractivity contribution in [3.8, 4) is 0 Å². The quantitative estimate of drug-likeness (QED) is 0.599. The molecule has 0 aliphatic heterocycles. The van der Waals surface area contributed by atoms with Gasteiger partial charge < -0.3 is 15.7 Å². The number of aliphatic hydroxyl groups excluding tert-OH is 1. The van der Waals surface area contributed by atoms with Crippen LogP contribution in [-0.2, 0) is 4.79 Å². The standard InChI is InChI=1S/C10H22N2O2/c1-5-8(7-13)12-9(14)6-11-10(2,3)4/h8,11,13H,5-7H2,1-4H3,(H,12,14). The molecule has 4 nitrogen and oxygen atoms in total. The van der Waals surface area contributed by atoms with Gasteiger partial charge in [-0.25, -0.2) is 0 Å². The van der Waals surface area contributed by atoms with Crippen LogP contribution in [0.5, 0.6) is 0 Å². The number of carbonyl (C=O) groups is 1. The summed E-state index contributed by atoms with van der Waals surface area (Å²) in [5.41, 5.74) is -0.0573. The van der Waals surface area contributed by atoms with Crippen molar-refractivity contribution in [3.63, 3.8) is 0 Å². The average molecular weight is 202 g/mol. The first kappa shape index (κ1) is 13.4. The topological polar surface area (TPSA) is 61.4 Å². The molecular formula is C10H22N2O2. The summed E-state index contributed by atoms with van der Waals surface area (Å²) in [6.45, 7) is 8.23. The number of nitrogens with one attached hydrogen (secondary N) is 2. The minimum atomic E-state index is -0.121. The Morgan fingerprint density at radius 2 is 2.00 bits per heavy atom. The molecule has 3 N–H and O–H groups in total. The van der Waals surface area contributed by atoms with E-state index in [4.69, 9.17) is 5.11 Å². The predicted molar refractivity (Wildman–Crippen MR) is 57.1 cm³/mol. The van der Waals surface area contributed by atoms with Crippen LogP contribution >= 0.6 is 0 Å². The molecular weight excluding hydrogens is 180 g/mol. The zero-order chi connectivity index (χ0) is 11.2. The lowest BCUT2D eigenvalue weighted by Gasteiger charge is -2.21. The van der Waals surface area contributed by atoms with Gasteiger partial charge in [0.15, 0.2) is 0 Å². The van der Waals surface area contributed by atoms with Gasteiger partial charge in [0.25, 0.3) is 0 Å². The minimum absolute atomic E-state index is 0.00222. The Morgan fingerprint density at radius 1 is 1.43 bits per heavy atom. The van der Waals surface area contributed by atoms with E-state index < -0.39 is 0 Å². The number of hydrogen-bond donors (Lipinski definition) is 3. The fraction of sp³-hybridized carbons (Fsp3) is 0.900.